The molecule has 0 aromatic heterocycles. The van der Waals surface area contributed by atoms with Crippen molar-refractivity contribution in [2.75, 3.05) is 44.8 Å². The summed E-state index contributed by atoms with van der Waals surface area (Å²) in [4.78, 5) is 26.5. The zero-order valence-electron chi connectivity index (χ0n) is 15.6. The summed E-state index contributed by atoms with van der Waals surface area (Å²) in [6.45, 7) is 6.52. The van der Waals surface area contributed by atoms with Crippen LogP contribution in [0.1, 0.15) is 26.7 Å². The zero-order chi connectivity index (χ0) is 19.0. The van der Waals surface area contributed by atoms with Crippen LogP contribution in [-0.4, -0.2) is 56.2 Å². The predicted molar refractivity (Wildman–Crippen MR) is 100 cm³/mol. The summed E-state index contributed by atoms with van der Waals surface area (Å²) in [7, 11) is 0. The highest BCUT2D eigenvalue weighted by atomic mass is 16.5. The molecule has 1 aromatic carbocycles. The molecule has 0 spiro atoms. The third kappa shape index (κ3) is 4.95. The molecule has 7 heteroatoms. The van der Waals surface area contributed by atoms with Crippen LogP contribution >= 0.6 is 0 Å². The monoisotopic (exact) mass is 363 g/mol. The van der Waals surface area contributed by atoms with Crippen LogP contribution in [0.5, 0.6) is 5.75 Å². The van der Waals surface area contributed by atoms with Crippen molar-refractivity contribution in [1.29, 1.82) is 0 Å². The number of carbonyl (C=O) groups is 2. The van der Waals surface area contributed by atoms with E-state index < -0.39 is 5.41 Å². The van der Waals surface area contributed by atoms with Gasteiger partial charge in [-0.1, -0.05) is 6.07 Å². The lowest BCUT2D eigenvalue weighted by atomic mass is 9.79. The van der Waals surface area contributed by atoms with E-state index in [4.69, 9.17) is 15.2 Å². The first-order valence-corrected chi connectivity index (χ1v) is 9.14. The largest absolute Gasteiger partial charge is 0.484 e. The minimum Gasteiger partial charge on any atom is -0.484 e. The molecule has 0 atom stereocenters. The van der Waals surface area contributed by atoms with E-state index in [1.165, 1.54) is 0 Å². The highest BCUT2D eigenvalue weighted by molar-refractivity contribution is 5.95. The molecule has 1 saturated heterocycles. The quantitative estimate of drug-likeness (QED) is 0.732. The summed E-state index contributed by atoms with van der Waals surface area (Å²) in [5.74, 6) is 0.380. The molecule has 0 aliphatic carbocycles. The van der Waals surface area contributed by atoms with Crippen LogP contribution < -0.4 is 15.8 Å². The first-order valence-electron chi connectivity index (χ1n) is 9.14. The average molecular weight is 363 g/mol. The Labute approximate surface area is 154 Å². The molecular weight excluding hydrogens is 334 g/mol. The number of ether oxygens (including phenoxy) is 2. The Morgan fingerprint density at radius 2 is 1.96 bits per heavy atom. The van der Waals surface area contributed by atoms with Crippen LogP contribution in [0.25, 0.3) is 0 Å². The molecule has 1 heterocycles. The van der Waals surface area contributed by atoms with Crippen LogP contribution in [0.15, 0.2) is 24.3 Å². The number of anilines is 1. The smallest absolute Gasteiger partial charge is 0.260 e. The summed E-state index contributed by atoms with van der Waals surface area (Å²) in [5, 5.41) is 2.93. The first kappa shape index (κ1) is 20.2. The van der Waals surface area contributed by atoms with Crippen molar-refractivity contribution in [3.63, 3.8) is 0 Å². The first-order chi connectivity index (χ1) is 12.5. The Morgan fingerprint density at radius 1 is 1.27 bits per heavy atom. The number of hydrogen-bond acceptors (Lipinski definition) is 5. The third-order valence-corrected chi connectivity index (χ3v) is 4.89. The van der Waals surface area contributed by atoms with Crippen molar-refractivity contribution in [3.8, 4) is 5.75 Å². The summed E-state index contributed by atoms with van der Waals surface area (Å²) in [6.07, 6.45) is 1.23. The number of likely N-dealkylation sites (N-methyl/N-ethyl adjacent to an activating group) is 1. The molecule has 1 aromatic rings. The van der Waals surface area contributed by atoms with Crippen molar-refractivity contribution in [2.24, 2.45) is 11.1 Å². The topological polar surface area (TPSA) is 93.9 Å². The summed E-state index contributed by atoms with van der Waals surface area (Å²) >= 11 is 0. The fraction of sp³-hybridized carbons (Fsp3) is 0.579. The van der Waals surface area contributed by atoms with Gasteiger partial charge in [0.1, 0.15) is 5.75 Å². The summed E-state index contributed by atoms with van der Waals surface area (Å²) in [6, 6.07) is 7.06. The summed E-state index contributed by atoms with van der Waals surface area (Å²) in [5.41, 5.74) is 5.91. The van der Waals surface area contributed by atoms with Gasteiger partial charge < -0.3 is 25.4 Å². The van der Waals surface area contributed by atoms with Crippen molar-refractivity contribution < 1.29 is 19.1 Å². The molecule has 1 aliphatic heterocycles. The second-order valence-electron chi connectivity index (χ2n) is 6.43. The van der Waals surface area contributed by atoms with Crippen LogP contribution in [0.2, 0.25) is 0 Å². The number of hydrogen-bond donors (Lipinski definition) is 2. The molecule has 7 nitrogen and oxygen atoms in total. The van der Waals surface area contributed by atoms with Gasteiger partial charge in [0.15, 0.2) is 6.61 Å². The summed E-state index contributed by atoms with van der Waals surface area (Å²) < 4.78 is 10.9. The maximum Gasteiger partial charge on any atom is 0.260 e. The minimum atomic E-state index is -0.589. The van der Waals surface area contributed by atoms with Crippen molar-refractivity contribution in [2.45, 2.75) is 26.7 Å². The minimum absolute atomic E-state index is 0.0246. The molecule has 0 bridgehead atoms. The van der Waals surface area contributed by atoms with Gasteiger partial charge in [-0.3, -0.25) is 9.59 Å². The van der Waals surface area contributed by atoms with E-state index in [-0.39, 0.29) is 25.0 Å². The van der Waals surface area contributed by atoms with Gasteiger partial charge in [-0.25, -0.2) is 0 Å². The number of benzene rings is 1. The number of carbonyl (C=O) groups excluding carboxylic acids is 2. The fourth-order valence-corrected chi connectivity index (χ4v) is 3.03. The Kier molecular flexibility index (Phi) is 7.41. The van der Waals surface area contributed by atoms with Crippen molar-refractivity contribution >= 4 is 17.5 Å². The standard InChI is InChI=1S/C19H29N3O4/c1-3-22(4-2)17(23)13-26-16-7-5-6-15(12-16)21-18(24)19(14-20)8-10-25-11-9-19/h5-7,12H,3-4,8-11,13-14,20H2,1-2H3,(H,21,24). The molecule has 2 amide bonds. The van der Waals surface area contributed by atoms with Gasteiger partial charge in [0.25, 0.3) is 5.91 Å². The molecule has 26 heavy (non-hydrogen) atoms. The normalized spacial score (nSPS) is 16.0. The van der Waals surface area contributed by atoms with Gasteiger partial charge in [-0.15, -0.1) is 0 Å². The van der Waals surface area contributed by atoms with Gasteiger partial charge in [-0.05, 0) is 38.8 Å². The third-order valence-electron chi connectivity index (χ3n) is 4.89. The van der Waals surface area contributed by atoms with Crippen LogP contribution in [0.4, 0.5) is 5.69 Å². The SMILES string of the molecule is CCN(CC)C(=O)COc1cccc(NC(=O)C2(CN)CCOCC2)c1. The van der Waals surface area contributed by atoms with Gasteiger partial charge in [0.2, 0.25) is 5.91 Å². The van der Waals surface area contributed by atoms with E-state index in [1.54, 1.807) is 29.2 Å². The lowest BCUT2D eigenvalue weighted by molar-refractivity contribution is -0.133. The number of nitrogens with one attached hydrogen (secondary N) is 1. The zero-order valence-corrected chi connectivity index (χ0v) is 15.6. The maximum absolute atomic E-state index is 12.7. The molecule has 0 radical (unpaired) electrons. The number of nitrogens with zero attached hydrogens (tertiary/aromatic N) is 1. The number of nitrogens with two attached hydrogens (primary N) is 1. The predicted octanol–water partition coefficient (Wildman–Crippen LogP) is 1.63. The van der Waals surface area contributed by atoms with E-state index in [2.05, 4.69) is 5.32 Å². The highest BCUT2D eigenvalue weighted by Gasteiger charge is 2.38. The van der Waals surface area contributed by atoms with Gasteiger partial charge in [0.05, 0.1) is 5.41 Å². The maximum atomic E-state index is 12.7. The molecule has 1 aliphatic rings. The van der Waals surface area contributed by atoms with E-state index in [9.17, 15) is 9.59 Å². The van der Waals surface area contributed by atoms with Crippen LogP contribution in [-0.2, 0) is 14.3 Å². The molecule has 2 rings (SSSR count). The lowest BCUT2D eigenvalue weighted by Crippen LogP contribution is -2.46. The molecular formula is C19H29N3O4. The van der Waals surface area contributed by atoms with Crippen LogP contribution in [0, 0.1) is 5.41 Å². The Balaban J connectivity index is 1.98. The second kappa shape index (κ2) is 9.54. The van der Waals surface area contributed by atoms with E-state index in [1.807, 2.05) is 13.8 Å². The molecule has 144 valence electrons. The Hall–Kier alpha value is -2.12. The molecule has 0 unspecified atom stereocenters. The van der Waals surface area contributed by atoms with E-state index >= 15 is 0 Å². The van der Waals surface area contributed by atoms with Crippen molar-refractivity contribution in [1.82, 2.24) is 4.90 Å². The fourth-order valence-electron chi connectivity index (χ4n) is 3.03. The number of amides is 2. The Morgan fingerprint density at radius 3 is 2.58 bits per heavy atom. The highest BCUT2D eigenvalue weighted by Crippen LogP contribution is 2.31. The lowest BCUT2D eigenvalue weighted by Gasteiger charge is -2.34. The molecule has 3 N–H and O–H groups in total. The van der Waals surface area contributed by atoms with Gasteiger partial charge >= 0.3 is 0 Å². The molecule has 1 fully saturated rings. The number of rotatable bonds is 8. The molecule has 0 saturated carbocycles. The van der Waals surface area contributed by atoms with Crippen molar-refractivity contribution in [3.05, 3.63) is 24.3 Å². The average Bonchev–Trinajstić information content (AvgIpc) is 2.68. The van der Waals surface area contributed by atoms with E-state index in [0.717, 1.165) is 0 Å². The van der Waals surface area contributed by atoms with E-state index in [0.29, 0.717) is 50.6 Å². The van der Waals surface area contributed by atoms with Crippen LogP contribution in [0.3, 0.4) is 0 Å². The van der Waals surface area contributed by atoms with Gasteiger partial charge in [0, 0.05) is 44.6 Å². The Bertz CT molecular complexity index is 611. The second-order valence-corrected chi connectivity index (χ2v) is 6.43. The van der Waals surface area contributed by atoms with Gasteiger partial charge in [-0.2, -0.15) is 0 Å².